The minimum Gasteiger partial charge on any atom is -0.317 e. The van der Waals surface area contributed by atoms with Crippen molar-refractivity contribution in [1.29, 1.82) is 0 Å². The largest absolute Gasteiger partial charge is 0.320 e. The Bertz CT molecular complexity index is 835. The number of aryl methyl sites for hydroxylation is 1. The number of rotatable bonds is 4. The van der Waals surface area contributed by atoms with Crippen molar-refractivity contribution >= 4 is 56.4 Å². The third-order valence-corrected chi connectivity index (χ3v) is 6.32. The van der Waals surface area contributed by atoms with Crippen molar-refractivity contribution in [2.45, 2.75) is 21.0 Å². The van der Waals surface area contributed by atoms with Crippen LogP contribution >= 0.6 is 34.8 Å². The van der Waals surface area contributed by atoms with E-state index in [4.69, 9.17) is 34.8 Å². The molecule has 0 bridgehead atoms. The lowest BCUT2D eigenvalue weighted by Crippen LogP contribution is -2.50. The molecule has 25 heavy (non-hydrogen) atoms. The highest BCUT2D eigenvalue weighted by Crippen LogP contribution is 2.35. The maximum Gasteiger partial charge on any atom is 0.320 e. The fourth-order valence-corrected chi connectivity index (χ4v) is 4.63. The van der Waals surface area contributed by atoms with Crippen LogP contribution in [0.2, 0.25) is 0 Å². The van der Waals surface area contributed by atoms with Gasteiger partial charge in [0.1, 0.15) is 0 Å². The number of hydrogen-bond donors (Lipinski definition) is 2. The van der Waals surface area contributed by atoms with Gasteiger partial charge in [-0.25, -0.2) is 13.2 Å². The Morgan fingerprint density at radius 1 is 1.00 bits per heavy atom. The zero-order valence-corrected chi connectivity index (χ0v) is 16.1. The maximum atomic E-state index is 12.8. The maximum absolute atomic E-state index is 12.8. The topological polar surface area (TPSA) is 75.3 Å². The van der Waals surface area contributed by atoms with E-state index >= 15 is 0 Å². The van der Waals surface area contributed by atoms with Gasteiger partial charge in [0.2, 0.25) is 13.6 Å². The zero-order chi connectivity index (χ0) is 18.7. The summed E-state index contributed by atoms with van der Waals surface area (Å²) < 4.78 is 23.3. The number of amides is 2. The highest BCUT2D eigenvalue weighted by atomic mass is 35.6. The molecule has 0 aliphatic heterocycles. The van der Waals surface area contributed by atoms with E-state index in [0.717, 1.165) is 5.56 Å². The molecule has 2 amide bonds. The van der Waals surface area contributed by atoms with Gasteiger partial charge in [0.05, 0.1) is 4.90 Å². The summed E-state index contributed by atoms with van der Waals surface area (Å²) in [6, 6.07) is 13.7. The van der Waals surface area contributed by atoms with Crippen molar-refractivity contribution in [3.05, 3.63) is 60.2 Å². The van der Waals surface area contributed by atoms with Crippen molar-refractivity contribution in [3.63, 3.8) is 0 Å². The van der Waals surface area contributed by atoms with Gasteiger partial charge >= 0.3 is 6.03 Å². The normalized spacial score (nSPS) is 13.1. The quantitative estimate of drug-likeness (QED) is 0.723. The molecule has 0 unspecified atom stereocenters. The first-order valence-electron chi connectivity index (χ1n) is 7.10. The predicted molar refractivity (Wildman–Crippen MR) is 101 cm³/mol. The molecule has 0 aromatic heterocycles. The summed E-state index contributed by atoms with van der Waals surface area (Å²) in [4.78, 5) is 12.1. The second-order valence-corrected chi connectivity index (χ2v) is 9.65. The van der Waals surface area contributed by atoms with E-state index in [-0.39, 0.29) is 4.90 Å². The molecule has 0 heterocycles. The van der Waals surface area contributed by atoms with Gasteiger partial charge in [-0.05, 0) is 31.2 Å². The van der Waals surface area contributed by atoms with Gasteiger partial charge in [-0.2, -0.15) is 0 Å². The molecule has 2 aromatic carbocycles. The van der Waals surface area contributed by atoms with Crippen LogP contribution in [-0.4, -0.2) is 23.6 Å². The number of hydrogen-bond acceptors (Lipinski definition) is 3. The smallest absolute Gasteiger partial charge is 0.317 e. The van der Waals surface area contributed by atoms with Crippen LogP contribution in [0.3, 0.4) is 0 Å². The Morgan fingerprint density at radius 3 is 2.08 bits per heavy atom. The van der Waals surface area contributed by atoms with Crippen molar-refractivity contribution in [2.24, 2.45) is 0 Å². The van der Waals surface area contributed by atoms with Crippen molar-refractivity contribution in [1.82, 2.24) is 5.32 Å². The molecule has 2 rings (SSSR count). The number of carbonyl (C=O) groups is 1. The highest BCUT2D eigenvalue weighted by molar-refractivity contribution is 7.92. The summed E-state index contributed by atoms with van der Waals surface area (Å²) in [5.41, 5.74) is 1.34. The van der Waals surface area contributed by atoms with Gasteiger partial charge < -0.3 is 10.6 Å². The Kier molecular flexibility index (Phi) is 6.21. The lowest BCUT2D eigenvalue weighted by Gasteiger charge is -2.25. The Balaban J connectivity index is 2.27. The predicted octanol–water partition coefficient (Wildman–Crippen LogP) is 4.29. The molecule has 1 atom stereocenters. The molecule has 134 valence electrons. The molecule has 0 radical (unpaired) electrons. The van der Waals surface area contributed by atoms with E-state index in [9.17, 15) is 13.2 Å². The fraction of sp³-hybridized carbons (Fsp3) is 0.188. The lowest BCUT2D eigenvalue weighted by molar-refractivity contribution is 0.251. The average Bonchev–Trinajstić information content (AvgIpc) is 2.53. The summed E-state index contributed by atoms with van der Waals surface area (Å²) in [6.45, 7) is 1.81. The van der Waals surface area contributed by atoms with Crippen LogP contribution in [0.4, 0.5) is 10.5 Å². The molecule has 0 aliphatic rings. The number of halogens is 3. The molecular weight excluding hydrogens is 407 g/mol. The number of benzene rings is 2. The molecule has 5 nitrogen and oxygen atoms in total. The molecule has 0 saturated heterocycles. The van der Waals surface area contributed by atoms with Gasteiger partial charge in [-0.3, -0.25) is 0 Å². The molecule has 2 N–H and O–H groups in total. The van der Waals surface area contributed by atoms with Crippen LogP contribution in [0.1, 0.15) is 5.56 Å². The molecule has 0 fully saturated rings. The van der Waals surface area contributed by atoms with Crippen LogP contribution in [0, 0.1) is 6.92 Å². The average molecular weight is 422 g/mol. The first kappa shape index (κ1) is 19.8. The van der Waals surface area contributed by atoms with Crippen LogP contribution in [-0.2, 0) is 9.84 Å². The number of sulfone groups is 1. The van der Waals surface area contributed by atoms with Crippen LogP contribution in [0.25, 0.3) is 0 Å². The van der Waals surface area contributed by atoms with Crippen molar-refractivity contribution in [3.8, 4) is 0 Å². The Labute approximate surface area is 161 Å². The van der Waals surface area contributed by atoms with Gasteiger partial charge in [0.15, 0.2) is 5.37 Å². The first-order chi connectivity index (χ1) is 11.6. The summed E-state index contributed by atoms with van der Waals surface area (Å²) >= 11 is 17.5. The zero-order valence-electron chi connectivity index (χ0n) is 13.0. The lowest BCUT2D eigenvalue weighted by atomic mass is 10.2. The molecule has 9 heteroatoms. The minimum atomic E-state index is -4.13. The van der Waals surface area contributed by atoms with Crippen molar-refractivity contribution in [2.75, 3.05) is 5.32 Å². The molecule has 0 saturated carbocycles. The van der Waals surface area contributed by atoms with Gasteiger partial charge in [0.25, 0.3) is 0 Å². The van der Waals surface area contributed by atoms with Gasteiger partial charge in [-0.1, -0.05) is 70.7 Å². The number of carbonyl (C=O) groups excluding carboxylic acids is 1. The summed E-state index contributed by atoms with van der Waals surface area (Å²) in [5.74, 6) is 0. The minimum absolute atomic E-state index is 0.0607. The van der Waals surface area contributed by atoms with Gasteiger partial charge in [0, 0.05) is 5.69 Å². The van der Waals surface area contributed by atoms with E-state index in [1.807, 2.05) is 6.92 Å². The first-order valence-corrected chi connectivity index (χ1v) is 9.78. The number of urea groups is 1. The van der Waals surface area contributed by atoms with E-state index in [0.29, 0.717) is 5.69 Å². The van der Waals surface area contributed by atoms with E-state index in [2.05, 4.69) is 10.6 Å². The molecule has 0 aliphatic carbocycles. The number of nitrogens with one attached hydrogen (secondary N) is 2. The molecule has 0 spiro atoms. The SMILES string of the molecule is Cc1ccc(S(=O)(=O)[C@@H](NC(=O)Nc2ccccc2)C(Cl)(Cl)Cl)cc1. The standard InChI is InChI=1S/C16H15Cl3N2O3S/c1-11-7-9-13(10-8-11)25(23,24)14(16(17,18)19)21-15(22)20-12-5-3-2-4-6-12/h2-10,14H,1H3,(H2,20,21,22)/t14-/m1/s1. The van der Waals surface area contributed by atoms with E-state index in [1.54, 1.807) is 42.5 Å². The van der Waals surface area contributed by atoms with Crippen molar-refractivity contribution < 1.29 is 13.2 Å². The summed E-state index contributed by atoms with van der Waals surface area (Å²) in [6.07, 6.45) is 0. The molecular formula is C16H15Cl3N2O3S. The number of para-hydroxylation sites is 1. The summed E-state index contributed by atoms with van der Waals surface area (Å²) in [5, 5.41) is 2.94. The highest BCUT2D eigenvalue weighted by Gasteiger charge is 2.44. The van der Waals surface area contributed by atoms with Gasteiger partial charge in [-0.15, -0.1) is 0 Å². The summed E-state index contributed by atoms with van der Waals surface area (Å²) in [7, 11) is -4.13. The number of anilines is 1. The second-order valence-electron chi connectivity index (χ2n) is 5.24. The van der Waals surface area contributed by atoms with Crippen LogP contribution in [0.5, 0.6) is 0 Å². The molecule has 2 aromatic rings. The van der Waals surface area contributed by atoms with Crippen LogP contribution < -0.4 is 10.6 Å². The number of alkyl halides is 3. The monoisotopic (exact) mass is 420 g/mol. The Morgan fingerprint density at radius 2 is 1.56 bits per heavy atom. The third-order valence-electron chi connectivity index (χ3n) is 3.25. The third kappa shape index (κ3) is 5.25. The van der Waals surface area contributed by atoms with Crippen LogP contribution in [0.15, 0.2) is 59.5 Å². The van der Waals surface area contributed by atoms with E-state index in [1.165, 1.54) is 12.1 Å². The fourth-order valence-electron chi connectivity index (χ4n) is 2.01. The second kappa shape index (κ2) is 7.83. The van der Waals surface area contributed by atoms with E-state index < -0.39 is 25.0 Å². The Hall–Kier alpha value is -1.47.